The number of aryl methyl sites for hydroxylation is 1. The summed E-state index contributed by atoms with van der Waals surface area (Å²) in [6, 6.07) is 18.5. The van der Waals surface area contributed by atoms with Gasteiger partial charge in [-0.05, 0) is 53.4 Å². The molecule has 0 unspecified atom stereocenters. The number of carbonyl (C=O) groups is 1. The lowest BCUT2D eigenvalue weighted by molar-refractivity contribution is -0.137. The number of ether oxygens (including phenoxy) is 1. The third kappa shape index (κ3) is 7.02. The number of aromatic nitrogens is 3. The lowest BCUT2D eigenvalue weighted by Gasteiger charge is -2.17. The van der Waals surface area contributed by atoms with Gasteiger partial charge >= 0.3 is 18.2 Å². The van der Waals surface area contributed by atoms with E-state index >= 15 is 0 Å². The van der Waals surface area contributed by atoms with Gasteiger partial charge in [0.2, 0.25) is 0 Å². The molecule has 0 saturated heterocycles. The van der Waals surface area contributed by atoms with Crippen LogP contribution in [-0.2, 0) is 12.6 Å². The lowest BCUT2D eigenvalue weighted by Crippen LogP contribution is -2.20. The van der Waals surface area contributed by atoms with Gasteiger partial charge < -0.3 is 21.1 Å². The molecule has 2 amide bonds. The number of amides is 2. The van der Waals surface area contributed by atoms with Crippen molar-refractivity contribution in [2.45, 2.75) is 19.5 Å². The van der Waals surface area contributed by atoms with Gasteiger partial charge in [0.15, 0.2) is 0 Å². The minimum atomic E-state index is -4.58. The second-order valence-electron chi connectivity index (χ2n) is 9.32. The van der Waals surface area contributed by atoms with Gasteiger partial charge in [0.25, 0.3) is 0 Å². The van der Waals surface area contributed by atoms with Crippen molar-refractivity contribution in [3.05, 3.63) is 108 Å². The molecule has 4 N–H and O–H groups in total. The largest absolute Gasteiger partial charge is 0.424 e. The van der Waals surface area contributed by atoms with Crippen molar-refractivity contribution in [2.75, 3.05) is 16.4 Å². The Bertz CT molecular complexity index is 1760. The fourth-order valence-electron chi connectivity index (χ4n) is 4.36. The third-order valence-electron chi connectivity index (χ3n) is 6.43. The van der Waals surface area contributed by atoms with Crippen LogP contribution in [0.2, 0.25) is 5.02 Å². The molecule has 0 radical (unpaired) electrons. The molecule has 5 aromatic rings. The van der Waals surface area contributed by atoms with Crippen LogP contribution in [0.3, 0.4) is 0 Å². The number of nitrogen functional groups attached to an aromatic ring is 1. The van der Waals surface area contributed by atoms with E-state index in [9.17, 15) is 18.0 Å². The maximum atomic E-state index is 13.5. The molecular weight excluding hydrogens is 581 g/mol. The van der Waals surface area contributed by atoms with Crippen LogP contribution < -0.4 is 21.1 Å². The summed E-state index contributed by atoms with van der Waals surface area (Å²) in [4.78, 5) is 25.1. The minimum absolute atomic E-state index is 0.00727. The van der Waals surface area contributed by atoms with Gasteiger partial charge in [0, 0.05) is 17.3 Å². The van der Waals surface area contributed by atoms with E-state index in [4.69, 9.17) is 22.1 Å². The third-order valence-corrected chi connectivity index (χ3v) is 6.64. The van der Waals surface area contributed by atoms with Crippen LogP contribution in [0.4, 0.5) is 35.2 Å². The molecule has 0 atom stereocenters. The zero-order chi connectivity index (χ0) is 30.6. The van der Waals surface area contributed by atoms with Gasteiger partial charge in [-0.1, -0.05) is 61.0 Å². The van der Waals surface area contributed by atoms with E-state index < -0.39 is 17.8 Å². The first-order valence-corrected chi connectivity index (χ1v) is 13.4. The molecule has 0 saturated carbocycles. The molecule has 0 aliphatic carbocycles. The Morgan fingerprint density at radius 1 is 0.884 bits per heavy atom. The number of alkyl halides is 3. The molecular formula is C31H24ClF3N6O2. The van der Waals surface area contributed by atoms with E-state index in [2.05, 4.69) is 25.6 Å². The first-order chi connectivity index (χ1) is 20.6. The number of rotatable bonds is 7. The second kappa shape index (κ2) is 12.4. The Balaban J connectivity index is 1.28. The van der Waals surface area contributed by atoms with E-state index in [0.717, 1.165) is 28.8 Å². The number of urea groups is 1. The van der Waals surface area contributed by atoms with Crippen molar-refractivity contribution < 1.29 is 22.7 Å². The second-order valence-corrected chi connectivity index (χ2v) is 9.75. The normalized spacial score (nSPS) is 11.2. The summed E-state index contributed by atoms with van der Waals surface area (Å²) in [6.07, 6.45) is 0.168. The number of halogens is 4. The molecule has 0 spiro atoms. The standard InChI is InChI=1S/C31H24ClF3N6O2/c1-2-18-5-3-4-6-24(18)25-12-9-20(31(33,34)35)13-27(25)41-29(42)40-22-16-38-30(39-17-22)43-23-10-7-19(8-11-23)26-14-21(32)15-37-28(26)36/h3-17H,2H2,1H3,(H2,36,37)(H2,40,41,42). The molecule has 3 aromatic carbocycles. The molecule has 218 valence electrons. The summed E-state index contributed by atoms with van der Waals surface area (Å²) >= 11 is 6.03. The van der Waals surface area contributed by atoms with Crippen LogP contribution in [0.15, 0.2) is 91.4 Å². The molecule has 12 heteroatoms. The Morgan fingerprint density at radius 2 is 1.60 bits per heavy atom. The van der Waals surface area contributed by atoms with Crippen molar-refractivity contribution in [3.63, 3.8) is 0 Å². The maximum absolute atomic E-state index is 13.5. The number of nitrogens with two attached hydrogens (primary N) is 1. The molecule has 2 heterocycles. The van der Waals surface area contributed by atoms with E-state index in [0.29, 0.717) is 34.1 Å². The van der Waals surface area contributed by atoms with Crippen molar-refractivity contribution in [3.8, 4) is 34.0 Å². The van der Waals surface area contributed by atoms with Crippen molar-refractivity contribution >= 4 is 34.8 Å². The zero-order valence-electron chi connectivity index (χ0n) is 22.6. The van der Waals surface area contributed by atoms with Crippen LogP contribution in [0.1, 0.15) is 18.1 Å². The molecule has 0 fully saturated rings. The van der Waals surface area contributed by atoms with Crippen LogP contribution in [0.25, 0.3) is 22.3 Å². The van der Waals surface area contributed by atoms with Crippen molar-refractivity contribution in [2.24, 2.45) is 0 Å². The molecule has 0 bridgehead atoms. The van der Waals surface area contributed by atoms with Crippen LogP contribution in [0, 0.1) is 0 Å². The van der Waals surface area contributed by atoms with Gasteiger partial charge in [-0.15, -0.1) is 0 Å². The first kappa shape index (κ1) is 29.3. The number of pyridine rings is 1. The Hall–Kier alpha value is -5.16. The molecule has 5 rings (SSSR count). The number of carbonyl (C=O) groups excluding carboxylic acids is 1. The minimum Gasteiger partial charge on any atom is -0.424 e. The highest BCUT2D eigenvalue weighted by atomic mass is 35.5. The zero-order valence-corrected chi connectivity index (χ0v) is 23.4. The van der Waals surface area contributed by atoms with Crippen LogP contribution >= 0.6 is 11.6 Å². The summed E-state index contributed by atoms with van der Waals surface area (Å²) in [7, 11) is 0. The first-order valence-electron chi connectivity index (χ1n) is 13.0. The van der Waals surface area contributed by atoms with Gasteiger partial charge in [-0.25, -0.2) is 19.7 Å². The van der Waals surface area contributed by atoms with Gasteiger partial charge in [-0.2, -0.15) is 13.2 Å². The maximum Gasteiger partial charge on any atom is 0.416 e. The Labute approximate surface area is 249 Å². The predicted molar refractivity (Wildman–Crippen MR) is 160 cm³/mol. The van der Waals surface area contributed by atoms with Gasteiger partial charge in [0.05, 0.1) is 34.4 Å². The molecule has 43 heavy (non-hydrogen) atoms. The number of benzene rings is 3. The highest BCUT2D eigenvalue weighted by Crippen LogP contribution is 2.37. The van der Waals surface area contributed by atoms with Crippen LogP contribution in [-0.4, -0.2) is 21.0 Å². The van der Waals surface area contributed by atoms with E-state index in [1.54, 1.807) is 42.5 Å². The Morgan fingerprint density at radius 3 is 2.30 bits per heavy atom. The van der Waals surface area contributed by atoms with Crippen molar-refractivity contribution in [1.29, 1.82) is 0 Å². The van der Waals surface area contributed by atoms with Crippen LogP contribution in [0.5, 0.6) is 11.8 Å². The fraction of sp³-hybridized carbons (Fsp3) is 0.0968. The SMILES string of the molecule is CCc1ccccc1-c1ccc(C(F)(F)F)cc1NC(=O)Nc1cnc(Oc2ccc(-c3cc(Cl)cnc3N)cc2)nc1. The average molecular weight is 605 g/mol. The predicted octanol–water partition coefficient (Wildman–Crippen LogP) is 8.46. The number of nitrogens with zero attached hydrogens (tertiary/aromatic N) is 3. The molecule has 8 nitrogen and oxygen atoms in total. The number of anilines is 3. The smallest absolute Gasteiger partial charge is 0.416 e. The summed E-state index contributed by atoms with van der Waals surface area (Å²) in [5, 5.41) is 5.54. The molecule has 2 aromatic heterocycles. The highest BCUT2D eigenvalue weighted by Gasteiger charge is 2.31. The number of hydrogen-bond donors (Lipinski definition) is 3. The van der Waals surface area contributed by atoms with E-state index in [-0.39, 0.29) is 17.4 Å². The average Bonchev–Trinajstić information content (AvgIpc) is 2.99. The monoisotopic (exact) mass is 604 g/mol. The van der Waals surface area contributed by atoms with E-state index in [1.807, 2.05) is 19.1 Å². The summed E-state index contributed by atoms with van der Waals surface area (Å²) in [6.45, 7) is 1.94. The van der Waals surface area contributed by atoms with Crippen molar-refractivity contribution in [1.82, 2.24) is 15.0 Å². The quantitative estimate of drug-likeness (QED) is 0.172. The molecule has 0 aliphatic heterocycles. The number of hydrogen-bond acceptors (Lipinski definition) is 6. The summed E-state index contributed by atoms with van der Waals surface area (Å²) in [5.41, 5.74) is 8.84. The summed E-state index contributed by atoms with van der Waals surface area (Å²) in [5.74, 6) is 0.781. The Kier molecular flexibility index (Phi) is 8.44. The van der Waals surface area contributed by atoms with E-state index in [1.165, 1.54) is 24.7 Å². The fourth-order valence-corrected chi connectivity index (χ4v) is 4.52. The van der Waals surface area contributed by atoms with Gasteiger partial charge in [-0.3, -0.25) is 0 Å². The summed E-state index contributed by atoms with van der Waals surface area (Å²) < 4.78 is 46.1. The topological polar surface area (TPSA) is 115 Å². The highest BCUT2D eigenvalue weighted by molar-refractivity contribution is 6.30. The molecule has 0 aliphatic rings. The van der Waals surface area contributed by atoms with Gasteiger partial charge in [0.1, 0.15) is 11.6 Å². The lowest BCUT2D eigenvalue weighted by atomic mass is 9.95. The number of nitrogens with one attached hydrogen (secondary N) is 2.